The highest BCUT2D eigenvalue weighted by Gasteiger charge is 2.59. The topological polar surface area (TPSA) is 61.8 Å². The fourth-order valence-electron chi connectivity index (χ4n) is 5.51. The summed E-state index contributed by atoms with van der Waals surface area (Å²) in [4.78, 5) is 0. The lowest BCUT2D eigenvalue weighted by Gasteiger charge is -2.30. The molecule has 0 amide bonds. The first kappa shape index (κ1) is 15.4. The summed E-state index contributed by atoms with van der Waals surface area (Å²) in [6.45, 7) is 0.779. The van der Waals surface area contributed by atoms with Gasteiger partial charge < -0.3 is 9.47 Å². The van der Waals surface area contributed by atoms with Gasteiger partial charge in [0.05, 0.1) is 18.5 Å². The number of rotatable bonds is 4. The van der Waals surface area contributed by atoms with Crippen molar-refractivity contribution in [3.8, 4) is 0 Å². The summed E-state index contributed by atoms with van der Waals surface area (Å²) >= 11 is 0. The van der Waals surface area contributed by atoms with Crippen LogP contribution in [0, 0.1) is 23.7 Å². The summed E-state index contributed by atoms with van der Waals surface area (Å²) in [5.41, 5.74) is 0. The minimum absolute atomic E-state index is 0.101. The molecule has 0 N–H and O–H groups in total. The molecule has 126 valence electrons. The van der Waals surface area contributed by atoms with Crippen molar-refractivity contribution >= 4 is 10.1 Å². The lowest BCUT2D eigenvalue weighted by Crippen LogP contribution is -2.36. The van der Waals surface area contributed by atoms with Crippen molar-refractivity contribution in [1.82, 2.24) is 0 Å². The van der Waals surface area contributed by atoms with Crippen LogP contribution in [-0.2, 0) is 23.8 Å². The van der Waals surface area contributed by atoms with E-state index in [0.717, 1.165) is 45.0 Å². The fraction of sp³-hybridized carbons (Fsp3) is 1.00. The Hall–Kier alpha value is -0.170. The molecule has 3 aliphatic carbocycles. The Morgan fingerprint density at radius 2 is 1.68 bits per heavy atom. The fourth-order valence-corrected chi connectivity index (χ4v) is 6.17. The van der Waals surface area contributed by atoms with Crippen LogP contribution in [-0.4, -0.2) is 39.8 Å². The van der Waals surface area contributed by atoms with Crippen LogP contribution in [0.2, 0.25) is 0 Å². The van der Waals surface area contributed by atoms with Gasteiger partial charge >= 0.3 is 0 Å². The average Bonchev–Trinajstić information content (AvgIpc) is 3.07. The van der Waals surface area contributed by atoms with Crippen molar-refractivity contribution in [3.63, 3.8) is 0 Å². The van der Waals surface area contributed by atoms with Crippen molar-refractivity contribution < 1.29 is 22.1 Å². The molecule has 0 unspecified atom stereocenters. The van der Waals surface area contributed by atoms with Gasteiger partial charge in [-0.3, -0.25) is 4.18 Å². The molecule has 5 nitrogen and oxygen atoms in total. The van der Waals surface area contributed by atoms with Crippen LogP contribution >= 0.6 is 0 Å². The summed E-state index contributed by atoms with van der Waals surface area (Å²) in [5, 5.41) is 0. The van der Waals surface area contributed by atoms with E-state index in [1.807, 2.05) is 0 Å². The lowest BCUT2D eigenvalue weighted by molar-refractivity contribution is -0.199. The average molecular weight is 330 g/mol. The molecule has 4 aliphatic rings. The van der Waals surface area contributed by atoms with Gasteiger partial charge in [0.1, 0.15) is 0 Å². The van der Waals surface area contributed by atoms with Gasteiger partial charge in [0, 0.05) is 12.5 Å². The molecule has 4 rings (SSSR count). The number of ether oxygens (including phenoxy) is 2. The number of hydrogen-bond donors (Lipinski definition) is 0. The van der Waals surface area contributed by atoms with E-state index >= 15 is 0 Å². The van der Waals surface area contributed by atoms with Crippen LogP contribution in [0.15, 0.2) is 0 Å². The molecule has 4 fully saturated rings. The minimum Gasteiger partial charge on any atom is -0.353 e. The van der Waals surface area contributed by atoms with Crippen molar-refractivity contribution in [2.24, 2.45) is 23.7 Å². The van der Waals surface area contributed by atoms with Crippen LogP contribution in [0.4, 0.5) is 0 Å². The maximum Gasteiger partial charge on any atom is 0.264 e. The standard InChI is InChI=1S/C16H26O5S/c1-22(17,18)21-13-9-11-6-5-10-8-12(16(13)15(10)11)20-14-4-2-3-7-19-14/h10-16H,2-9H2,1H3/t10-,11+,12+,13-,14-,15-,16+/m1/s1. The zero-order valence-corrected chi connectivity index (χ0v) is 14.0. The van der Waals surface area contributed by atoms with Gasteiger partial charge in [-0.25, -0.2) is 0 Å². The first-order valence-corrected chi connectivity index (χ1v) is 10.5. The Bertz CT molecular complexity index is 513. The first-order chi connectivity index (χ1) is 10.5. The summed E-state index contributed by atoms with van der Waals surface area (Å²) < 4.78 is 40.6. The maximum absolute atomic E-state index is 11.6. The monoisotopic (exact) mass is 330 g/mol. The van der Waals surface area contributed by atoms with E-state index in [4.69, 9.17) is 13.7 Å². The minimum atomic E-state index is -3.41. The predicted molar refractivity (Wildman–Crippen MR) is 80.6 cm³/mol. The van der Waals surface area contributed by atoms with E-state index in [1.165, 1.54) is 12.8 Å². The molecule has 7 atom stereocenters. The van der Waals surface area contributed by atoms with E-state index in [1.54, 1.807) is 0 Å². The molecular weight excluding hydrogens is 304 g/mol. The third-order valence-corrected chi connectivity index (χ3v) is 6.73. The van der Waals surface area contributed by atoms with Crippen molar-refractivity contribution in [1.29, 1.82) is 0 Å². The van der Waals surface area contributed by atoms with Gasteiger partial charge in [-0.15, -0.1) is 0 Å². The second-order valence-corrected chi connectivity index (χ2v) is 9.13. The second-order valence-electron chi connectivity index (χ2n) is 7.53. The van der Waals surface area contributed by atoms with Gasteiger partial charge in [-0.05, 0) is 62.7 Å². The maximum atomic E-state index is 11.6. The molecule has 3 saturated carbocycles. The smallest absolute Gasteiger partial charge is 0.264 e. The van der Waals surface area contributed by atoms with Gasteiger partial charge in [-0.2, -0.15) is 8.42 Å². The molecular formula is C16H26O5S. The summed E-state index contributed by atoms with van der Waals surface area (Å²) in [6, 6.07) is 0. The molecule has 0 aromatic heterocycles. The van der Waals surface area contributed by atoms with E-state index in [9.17, 15) is 8.42 Å². The Labute approximate surface area is 132 Å². The molecule has 0 radical (unpaired) electrons. The van der Waals surface area contributed by atoms with Crippen LogP contribution < -0.4 is 0 Å². The van der Waals surface area contributed by atoms with Crippen LogP contribution in [0.5, 0.6) is 0 Å². The molecule has 0 bridgehead atoms. The van der Waals surface area contributed by atoms with Crippen LogP contribution in [0.3, 0.4) is 0 Å². The van der Waals surface area contributed by atoms with Crippen LogP contribution in [0.25, 0.3) is 0 Å². The second kappa shape index (κ2) is 5.72. The Morgan fingerprint density at radius 3 is 2.32 bits per heavy atom. The highest BCUT2D eigenvalue weighted by Crippen LogP contribution is 2.60. The van der Waals surface area contributed by atoms with Crippen molar-refractivity contribution in [2.45, 2.75) is 63.4 Å². The number of hydrogen-bond acceptors (Lipinski definition) is 5. The zero-order valence-electron chi connectivity index (χ0n) is 13.1. The Kier molecular flexibility index (Phi) is 4.00. The molecule has 0 aromatic carbocycles. The van der Waals surface area contributed by atoms with E-state index in [2.05, 4.69) is 0 Å². The van der Waals surface area contributed by atoms with Gasteiger partial charge in [0.25, 0.3) is 10.1 Å². The highest BCUT2D eigenvalue weighted by atomic mass is 32.2. The van der Waals surface area contributed by atoms with Gasteiger partial charge in [0.15, 0.2) is 6.29 Å². The Balaban J connectivity index is 1.50. The van der Waals surface area contributed by atoms with E-state index in [0.29, 0.717) is 17.8 Å². The van der Waals surface area contributed by atoms with E-state index in [-0.39, 0.29) is 24.4 Å². The third kappa shape index (κ3) is 2.83. The molecule has 1 saturated heterocycles. The van der Waals surface area contributed by atoms with Crippen molar-refractivity contribution in [2.75, 3.05) is 12.9 Å². The summed E-state index contributed by atoms with van der Waals surface area (Å²) in [5.74, 6) is 2.15. The summed E-state index contributed by atoms with van der Waals surface area (Å²) in [6.07, 6.45) is 8.62. The lowest BCUT2D eigenvalue weighted by atomic mass is 9.92. The molecule has 22 heavy (non-hydrogen) atoms. The van der Waals surface area contributed by atoms with Gasteiger partial charge in [0.2, 0.25) is 0 Å². The molecule has 0 aromatic rings. The third-order valence-electron chi connectivity index (χ3n) is 6.13. The predicted octanol–water partition coefficient (Wildman–Crippen LogP) is 2.31. The summed E-state index contributed by atoms with van der Waals surface area (Å²) in [7, 11) is -3.41. The largest absolute Gasteiger partial charge is 0.353 e. The zero-order chi connectivity index (χ0) is 15.3. The Morgan fingerprint density at radius 1 is 0.955 bits per heavy atom. The quantitative estimate of drug-likeness (QED) is 0.740. The molecule has 6 heteroatoms. The van der Waals surface area contributed by atoms with Crippen molar-refractivity contribution in [3.05, 3.63) is 0 Å². The first-order valence-electron chi connectivity index (χ1n) is 8.66. The molecule has 1 heterocycles. The normalized spacial score (nSPS) is 47.8. The highest BCUT2D eigenvalue weighted by molar-refractivity contribution is 7.86. The molecule has 1 aliphatic heterocycles. The van der Waals surface area contributed by atoms with E-state index < -0.39 is 10.1 Å². The van der Waals surface area contributed by atoms with Gasteiger partial charge in [-0.1, -0.05) is 0 Å². The molecule has 0 spiro atoms. The SMILES string of the molecule is CS(=O)(=O)O[C@@H]1C[C@@H]2CC[C@@H]3C[C@H](O[C@@H]4CCCCO4)[C@@H]1[C@H]32. The van der Waals surface area contributed by atoms with Crippen LogP contribution in [0.1, 0.15) is 44.9 Å².